The number of nitrogens with one attached hydrogen (secondary N) is 1. The van der Waals surface area contributed by atoms with Crippen molar-refractivity contribution in [3.8, 4) is 0 Å². The zero-order chi connectivity index (χ0) is 13.9. The number of halogens is 1. The van der Waals surface area contributed by atoms with E-state index in [2.05, 4.69) is 21.2 Å². The zero-order valence-corrected chi connectivity index (χ0v) is 12.8. The van der Waals surface area contributed by atoms with Crippen molar-refractivity contribution in [1.82, 2.24) is 5.32 Å². The molecule has 3 N–H and O–H groups in total. The molecule has 0 fully saturated rings. The van der Waals surface area contributed by atoms with Gasteiger partial charge in [-0.05, 0) is 39.0 Å². The molecule has 0 radical (unpaired) electrons. The maximum absolute atomic E-state index is 11.9. The Balaban J connectivity index is 2.86. The Labute approximate surface area is 117 Å². The van der Waals surface area contributed by atoms with Crippen LogP contribution in [0.1, 0.15) is 20.8 Å². The fourth-order valence-electron chi connectivity index (χ4n) is 1.64. The van der Waals surface area contributed by atoms with E-state index in [9.17, 15) is 4.79 Å². The van der Waals surface area contributed by atoms with E-state index in [1.165, 1.54) is 0 Å². The van der Waals surface area contributed by atoms with E-state index in [0.717, 1.165) is 10.2 Å². The summed E-state index contributed by atoms with van der Waals surface area (Å²) < 4.78 is 0.927. The van der Waals surface area contributed by atoms with Crippen LogP contribution in [0.25, 0.3) is 0 Å². The topological polar surface area (TPSA) is 58.4 Å². The van der Waals surface area contributed by atoms with Gasteiger partial charge in [0, 0.05) is 17.6 Å². The Bertz CT molecular complexity index is 434. The van der Waals surface area contributed by atoms with Gasteiger partial charge in [0.05, 0.1) is 11.4 Å². The second kappa shape index (κ2) is 6.09. The fourth-order valence-corrected chi connectivity index (χ4v) is 2.02. The number of carbonyl (C=O) groups is 1. The Morgan fingerprint density at radius 1 is 1.39 bits per heavy atom. The molecule has 1 atom stereocenters. The van der Waals surface area contributed by atoms with Gasteiger partial charge in [0.1, 0.15) is 6.04 Å². The van der Waals surface area contributed by atoms with Crippen molar-refractivity contribution in [3.63, 3.8) is 0 Å². The van der Waals surface area contributed by atoms with Crippen molar-refractivity contribution in [1.29, 1.82) is 0 Å². The highest BCUT2D eigenvalue weighted by Gasteiger charge is 2.20. The second-order valence-electron chi connectivity index (χ2n) is 4.65. The average Bonchev–Trinajstić information content (AvgIpc) is 2.26. The quantitative estimate of drug-likeness (QED) is 0.839. The number of rotatable bonds is 4. The number of hydrogen-bond donors (Lipinski definition) is 2. The molecule has 0 aliphatic carbocycles. The number of nitrogens with zero attached hydrogens (tertiary/aromatic N) is 1. The SMILES string of the molecule is CC(C)NC(=O)C(C)N(C)c1ccc(Br)cc1N. The summed E-state index contributed by atoms with van der Waals surface area (Å²) in [5, 5.41) is 2.89. The van der Waals surface area contributed by atoms with Crippen LogP contribution in [0.15, 0.2) is 22.7 Å². The molecule has 1 unspecified atom stereocenters. The van der Waals surface area contributed by atoms with Gasteiger partial charge in [-0.25, -0.2) is 0 Å². The lowest BCUT2D eigenvalue weighted by Gasteiger charge is -2.28. The molecule has 100 valence electrons. The lowest BCUT2D eigenvalue weighted by molar-refractivity contribution is -0.122. The van der Waals surface area contributed by atoms with Crippen molar-refractivity contribution in [3.05, 3.63) is 22.7 Å². The number of nitrogen functional groups attached to an aromatic ring is 1. The maximum atomic E-state index is 11.9. The Kier molecular flexibility index (Phi) is 5.02. The third kappa shape index (κ3) is 3.63. The van der Waals surface area contributed by atoms with Gasteiger partial charge in [0.15, 0.2) is 0 Å². The summed E-state index contributed by atoms with van der Waals surface area (Å²) >= 11 is 3.37. The highest BCUT2D eigenvalue weighted by Crippen LogP contribution is 2.27. The first-order valence-electron chi connectivity index (χ1n) is 5.91. The molecule has 0 saturated heterocycles. The van der Waals surface area contributed by atoms with Crippen molar-refractivity contribution < 1.29 is 4.79 Å². The molecule has 0 spiro atoms. The molecular weight excluding hydrogens is 294 g/mol. The van der Waals surface area contributed by atoms with Crippen molar-refractivity contribution in [2.75, 3.05) is 17.7 Å². The van der Waals surface area contributed by atoms with E-state index in [-0.39, 0.29) is 18.0 Å². The summed E-state index contributed by atoms with van der Waals surface area (Å²) in [4.78, 5) is 13.8. The molecule has 0 aliphatic heterocycles. The van der Waals surface area contributed by atoms with Crippen LogP contribution in [-0.2, 0) is 4.79 Å². The lowest BCUT2D eigenvalue weighted by atomic mass is 10.2. The van der Waals surface area contributed by atoms with E-state index in [4.69, 9.17) is 5.73 Å². The second-order valence-corrected chi connectivity index (χ2v) is 5.57. The van der Waals surface area contributed by atoms with E-state index in [1.807, 2.05) is 50.9 Å². The van der Waals surface area contributed by atoms with Crippen molar-refractivity contribution in [2.24, 2.45) is 0 Å². The summed E-state index contributed by atoms with van der Waals surface area (Å²) in [7, 11) is 1.87. The number of nitrogens with two attached hydrogens (primary N) is 1. The minimum atomic E-state index is -0.268. The van der Waals surface area contributed by atoms with E-state index in [0.29, 0.717) is 5.69 Å². The zero-order valence-electron chi connectivity index (χ0n) is 11.2. The number of likely N-dealkylation sites (N-methyl/N-ethyl adjacent to an activating group) is 1. The normalized spacial score (nSPS) is 12.3. The molecule has 1 aromatic carbocycles. The molecule has 1 rings (SSSR count). The number of hydrogen-bond acceptors (Lipinski definition) is 3. The Morgan fingerprint density at radius 2 is 2.00 bits per heavy atom. The molecule has 0 heterocycles. The minimum absolute atomic E-state index is 0.00480. The van der Waals surface area contributed by atoms with Gasteiger partial charge in [-0.1, -0.05) is 15.9 Å². The highest BCUT2D eigenvalue weighted by atomic mass is 79.9. The summed E-state index contributed by atoms with van der Waals surface area (Å²) in [6.07, 6.45) is 0. The van der Waals surface area contributed by atoms with Crippen LogP contribution in [0, 0.1) is 0 Å². The Morgan fingerprint density at radius 3 is 2.50 bits per heavy atom. The lowest BCUT2D eigenvalue weighted by Crippen LogP contribution is -2.45. The van der Waals surface area contributed by atoms with Gasteiger partial charge in [-0.3, -0.25) is 4.79 Å². The van der Waals surface area contributed by atoms with Crippen molar-refractivity contribution >= 4 is 33.2 Å². The molecule has 4 nitrogen and oxygen atoms in total. The van der Waals surface area contributed by atoms with Crippen LogP contribution < -0.4 is 16.0 Å². The summed E-state index contributed by atoms with van der Waals surface area (Å²) in [6.45, 7) is 5.75. The average molecular weight is 314 g/mol. The van der Waals surface area contributed by atoms with Gasteiger partial charge in [0.25, 0.3) is 0 Å². The largest absolute Gasteiger partial charge is 0.397 e. The number of anilines is 2. The third-order valence-corrected chi connectivity index (χ3v) is 3.25. The number of benzene rings is 1. The van der Waals surface area contributed by atoms with Crippen molar-refractivity contribution in [2.45, 2.75) is 32.9 Å². The van der Waals surface area contributed by atoms with Crippen LogP contribution in [0.5, 0.6) is 0 Å². The molecule has 1 aromatic rings. The smallest absolute Gasteiger partial charge is 0.242 e. The first-order chi connectivity index (χ1) is 8.32. The maximum Gasteiger partial charge on any atom is 0.242 e. The van der Waals surface area contributed by atoms with Gasteiger partial charge in [-0.15, -0.1) is 0 Å². The molecule has 0 saturated carbocycles. The monoisotopic (exact) mass is 313 g/mol. The van der Waals surface area contributed by atoms with Crippen LogP contribution in [0.3, 0.4) is 0 Å². The molecular formula is C13H20BrN3O. The van der Waals surface area contributed by atoms with Crippen LogP contribution in [0.2, 0.25) is 0 Å². The minimum Gasteiger partial charge on any atom is -0.397 e. The highest BCUT2D eigenvalue weighted by molar-refractivity contribution is 9.10. The summed E-state index contributed by atoms with van der Waals surface area (Å²) in [6, 6.07) is 5.51. The molecule has 0 aliphatic rings. The predicted molar refractivity (Wildman–Crippen MR) is 79.7 cm³/mol. The number of amides is 1. The predicted octanol–water partition coefficient (Wildman–Crippen LogP) is 2.38. The van der Waals surface area contributed by atoms with E-state index < -0.39 is 0 Å². The van der Waals surface area contributed by atoms with Crippen LogP contribution in [-0.4, -0.2) is 25.0 Å². The van der Waals surface area contributed by atoms with Gasteiger partial charge >= 0.3 is 0 Å². The number of carbonyl (C=O) groups excluding carboxylic acids is 1. The Hall–Kier alpha value is -1.23. The molecule has 5 heteroatoms. The first-order valence-corrected chi connectivity index (χ1v) is 6.70. The van der Waals surface area contributed by atoms with E-state index >= 15 is 0 Å². The van der Waals surface area contributed by atoms with Gasteiger partial charge < -0.3 is 16.0 Å². The molecule has 18 heavy (non-hydrogen) atoms. The van der Waals surface area contributed by atoms with Crippen LogP contribution >= 0.6 is 15.9 Å². The van der Waals surface area contributed by atoms with E-state index in [1.54, 1.807) is 0 Å². The van der Waals surface area contributed by atoms with Crippen LogP contribution in [0.4, 0.5) is 11.4 Å². The molecule has 0 aromatic heterocycles. The summed E-state index contributed by atoms with van der Waals surface area (Å²) in [5.74, 6) is -0.00480. The standard InChI is InChI=1S/C13H20BrN3O/c1-8(2)16-13(18)9(3)17(4)12-6-5-10(14)7-11(12)15/h5-9H,15H2,1-4H3,(H,16,18). The fraction of sp³-hybridized carbons (Fsp3) is 0.462. The molecule has 0 bridgehead atoms. The van der Waals surface area contributed by atoms with Gasteiger partial charge in [0.2, 0.25) is 5.91 Å². The third-order valence-electron chi connectivity index (χ3n) is 2.76. The first kappa shape index (κ1) is 14.8. The summed E-state index contributed by atoms with van der Waals surface area (Å²) in [5.41, 5.74) is 7.46. The van der Waals surface area contributed by atoms with Gasteiger partial charge in [-0.2, -0.15) is 0 Å². The molecule has 1 amide bonds.